The Kier molecular flexibility index (Phi) is 8.95. The lowest BCUT2D eigenvalue weighted by atomic mass is 10.0. The third-order valence-electron chi connectivity index (χ3n) is 5.14. The highest BCUT2D eigenvalue weighted by Crippen LogP contribution is 2.39. The number of ether oxygens (including phenoxy) is 3. The van der Waals surface area contributed by atoms with Crippen molar-refractivity contribution in [2.75, 3.05) is 6.16 Å². The van der Waals surface area contributed by atoms with Crippen molar-refractivity contribution in [3.8, 4) is 11.5 Å². The van der Waals surface area contributed by atoms with Gasteiger partial charge in [-0.05, 0) is 62.8 Å². The lowest BCUT2D eigenvalue weighted by Crippen LogP contribution is -2.51. The standard InChI is InChI=1S/C23H28F3O6P/c1-13(2)30-14-3-5-15(6-4-14)31-23-22(28)20(27)11-16(32-23)9-10-33(29)12-17-18(24)7-8-19(25)21(17)26/h3-8,13,16,20,22-23,27-29H,9-12H2,1-2H3. The quantitative estimate of drug-likeness (QED) is 0.364. The van der Waals surface area contributed by atoms with E-state index in [-0.39, 0.29) is 31.3 Å². The summed E-state index contributed by atoms with van der Waals surface area (Å²) in [4.78, 5) is 10.3. The zero-order valence-electron chi connectivity index (χ0n) is 18.3. The average Bonchev–Trinajstić information content (AvgIpc) is 2.76. The van der Waals surface area contributed by atoms with E-state index in [0.29, 0.717) is 17.6 Å². The summed E-state index contributed by atoms with van der Waals surface area (Å²) in [5, 5.41) is 20.5. The van der Waals surface area contributed by atoms with Crippen molar-refractivity contribution in [3.05, 3.63) is 59.4 Å². The number of aliphatic hydroxyl groups is 2. The Morgan fingerprint density at radius 3 is 2.33 bits per heavy atom. The van der Waals surface area contributed by atoms with E-state index < -0.39 is 55.8 Å². The Hall–Kier alpha value is -1.90. The summed E-state index contributed by atoms with van der Waals surface area (Å²) in [5.74, 6) is -2.33. The smallest absolute Gasteiger partial charge is 0.228 e. The Balaban J connectivity index is 1.56. The molecule has 6 nitrogen and oxygen atoms in total. The zero-order chi connectivity index (χ0) is 24.1. The van der Waals surface area contributed by atoms with Crippen molar-refractivity contribution >= 4 is 8.15 Å². The van der Waals surface area contributed by atoms with Crippen molar-refractivity contribution in [1.82, 2.24) is 0 Å². The van der Waals surface area contributed by atoms with Crippen molar-refractivity contribution in [1.29, 1.82) is 0 Å². The van der Waals surface area contributed by atoms with Gasteiger partial charge in [-0.15, -0.1) is 0 Å². The van der Waals surface area contributed by atoms with Crippen molar-refractivity contribution < 1.29 is 42.5 Å². The van der Waals surface area contributed by atoms with Crippen LogP contribution in [-0.4, -0.2) is 52.0 Å². The predicted molar refractivity (Wildman–Crippen MR) is 117 cm³/mol. The molecular formula is C23H28F3O6P. The molecule has 1 fully saturated rings. The first-order valence-corrected chi connectivity index (χ1v) is 12.3. The molecule has 0 radical (unpaired) electrons. The normalized spacial score (nSPS) is 24.0. The molecule has 33 heavy (non-hydrogen) atoms. The fourth-order valence-corrected chi connectivity index (χ4v) is 4.87. The minimum Gasteiger partial charge on any atom is -0.491 e. The maximum atomic E-state index is 13.8. The highest BCUT2D eigenvalue weighted by molar-refractivity contribution is 7.50. The van der Waals surface area contributed by atoms with Crippen molar-refractivity contribution in [2.45, 2.75) is 63.6 Å². The molecule has 0 bridgehead atoms. The van der Waals surface area contributed by atoms with E-state index >= 15 is 0 Å². The molecule has 0 amide bonds. The van der Waals surface area contributed by atoms with Gasteiger partial charge in [0.2, 0.25) is 6.29 Å². The van der Waals surface area contributed by atoms with Gasteiger partial charge in [0.15, 0.2) is 11.6 Å². The second kappa shape index (κ2) is 11.5. The van der Waals surface area contributed by atoms with Gasteiger partial charge < -0.3 is 29.3 Å². The van der Waals surface area contributed by atoms with Crippen LogP contribution in [0.1, 0.15) is 32.3 Å². The van der Waals surface area contributed by atoms with Crippen LogP contribution in [0.3, 0.4) is 0 Å². The molecule has 5 unspecified atom stereocenters. The first-order valence-electron chi connectivity index (χ1n) is 10.6. The lowest BCUT2D eigenvalue weighted by Gasteiger charge is -2.37. The SMILES string of the molecule is CC(C)Oc1ccc(OC2OC(CCP(O)Cc3c(F)ccc(F)c3F)CC(O)C2O)cc1. The van der Waals surface area contributed by atoms with E-state index in [9.17, 15) is 28.3 Å². The summed E-state index contributed by atoms with van der Waals surface area (Å²) in [7, 11) is -1.85. The third kappa shape index (κ3) is 7.04. The van der Waals surface area contributed by atoms with E-state index in [1.165, 1.54) is 0 Å². The third-order valence-corrected chi connectivity index (χ3v) is 6.60. The average molecular weight is 488 g/mol. The van der Waals surface area contributed by atoms with Crippen LogP contribution in [0.4, 0.5) is 13.2 Å². The van der Waals surface area contributed by atoms with Gasteiger partial charge in [-0.25, -0.2) is 13.2 Å². The first-order chi connectivity index (χ1) is 15.6. The molecule has 0 saturated carbocycles. The van der Waals surface area contributed by atoms with Gasteiger partial charge in [0.1, 0.15) is 23.4 Å². The summed E-state index contributed by atoms with van der Waals surface area (Å²) in [6.45, 7) is 3.81. The van der Waals surface area contributed by atoms with Gasteiger partial charge in [0.05, 0.1) is 18.3 Å². The molecule has 1 saturated heterocycles. The van der Waals surface area contributed by atoms with Crippen LogP contribution in [0.5, 0.6) is 11.5 Å². The van der Waals surface area contributed by atoms with Crippen LogP contribution in [0.15, 0.2) is 36.4 Å². The summed E-state index contributed by atoms with van der Waals surface area (Å²) < 4.78 is 58.0. The van der Waals surface area contributed by atoms with Crippen LogP contribution >= 0.6 is 8.15 Å². The van der Waals surface area contributed by atoms with E-state index in [2.05, 4.69) is 0 Å². The number of aliphatic hydroxyl groups excluding tert-OH is 2. The van der Waals surface area contributed by atoms with Gasteiger partial charge in [0.25, 0.3) is 0 Å². The molecule has 3 rings (SSSR count). The number of rotatable bonds is 9. The van der Waals surface area contributed by atoms with Crippen LogP contribution in [0, 0.1) is 17.5 Å². The summed E-state index contributed by atoms with van der Waals surface area (Å²) in [6.07, 6.45) is -3.91. The number of benzene rings is 2. The lowest BCUT2D eigenvalue weighted by molar-refractivity contribution is -0.235. The van der Waals surface area contributed by atoms with E-state index in [1.807, 2.05) is 13.8 Å². The van der Waals surface area contributed by atoms with Crippen LogP contribution in [-0.2, 0) is 10.9 Å². The molecule has 2 aromatic rings. The molecule has 1 aliphatic heterocycles. The van der Waals surface area contributed by atoms with Crippen LogP contribution in [0.2, 0.25) is 0 Å². The Morgan fingerprint density at radius 1 is 1.03 bits per heavy atom. The fraction of sp³-hybridized carbons (Fsp3) is 0.478. The predicted octanol–water partition coefficient (Wildman–Crippen LogP) is 4.09. The highest BCUT2D eigenvalue weighted by atomic mass is 31.1. The molecular weight excluding hydrogens is 460 g/mol. The molecule has 0 spiro atoms. The topological polar surface area (TPSA) is 88.4 Å². The maximum absolute atomic E-state index is 13.8. The highest BCUT2D eigenvalue weighted by Gasteiger charge is 2.38. The Morgan fingerprint density at radius 2 is 1.67 bits per heavy atom. The van der Waals surface area contributed by atoms with Gasteiger partial charge in [0, 0.05) is 26.3 Å². The molecule has 3 N–H and O–H groups in total. The van der Waals surface area contributed by atoms with Gasteiger partial charge in [-0.2, -0.15) is 0 Å². The summed E-state index contributed by atoms with van der Waals surface area (Å²) in [6, 6.07) is 8.24. The first kappa shape index (κ1) is 25.7. The molecule has 182 valence electrons. The monoisotopic (exact) mass is 488 g/mol. The van der Waals surface area contributed by atoms with Gasteiger partial charge >= 0.3 is 0 Å². The molecule has 10 heteroatoms. The minimum absolute atomic E-state index is 0.0158. The van der Waals surface area contributed by atoms with Crippen molar-refractivity contribution in [3.63, 3.8) is 0 Å². The van der Waals surface area contributed by atoms with Crippen molar-refractivity contribution in [2.24, 2.45) is 0 Å². The summed E-state index contributed by atoms with van der Waals surface area (Å²) in [5.41, 5.74) is -0.491. The molecule has 1 aliphatic rings. The number of hydrogen-bond donors (Lipinski definition) is 3. The zero-order valence-corrected chi connectivity index (χ0v) is 19.2. The molecule has 0 aromatic heterocycles. The second-order valence-corrected chi connectivity index (χ2v) is 9.95. The minimum atomic E-state index is -1.85. The summed E-state index contributed by atoms with van der Waals surface area (Å²) >= 11 is 0. The molecule has 0 aliphatic carbocycles. The van der Waals surface area contributed by atoms with Crippen LogP contribution < -0.4 is 9.47 Å². The van der Waals surface area contributed by atoms with E-state index in [0.717, 1.165) is 6.07 Å². The van der Waals surface area contributed by atoms with E-state index in [4.69, 9.17) is 14.2 Å². The maximum Gasteiger partial charge on any atom is 0.228 e. The number of hydrogen-bond acceptors (Lipinski definition) is 6. The van der Waals surface area contributed by atoms with Gasteiger partial charge in [-0.3, -0.25) is 0 Å². The molecule has 1 heterocycles. The Labute approximate surface area is 191 Å². The van der Waals surface area contributed by atoms with Gasteiger partial charge in [-0.1, -0.05) is 0 Å². The largest absolute Gasteiger partial charge is 0.491 e. The van der Waals surface area contributed by atoms with Crippen LogP contribution in [0.25, 0.3) is 0 Å². The number of halogens is 3. The second-order valence-electron chi connectivity index (χ2n) is 8.17. The fourth-order valence-electron chi connectivity index (χ4n) is 3.47. The molecule has 2 aromatic carbocycles. The molecule has 5 atom stereocenters. The van der Waals surface area contributed by atoms with E-state index in [1.54, 1.807) is 24.3 Å². The Bertz CT molecular complexity index is 914.